The second-order valence-corrected chi connectivity index (χ2v) is 6.74. The zero-order valence-corrected chi connectivity index (χ0v) is 15.4. The molecule has 0 saturated carbocycles. The van der Waals surface area contributed by atoms with E-state index in [1.165, 1.54) is 32.1 Å². The van der Waals surface area contributed by atoms with E-state index in [9.17, 15) is 4.79 Å². The number of benzene rings is 2. The van der Waals surface area contributed by atoms with Crippen molar-refractivity contribution >= 4 is 11.7 Å². The molecule has 0 spiro atoms. The third kappa shape index (κ3) is 3.72. The lowest BCUT2D eigenvalue weighted by molar-refractivity contribution is 0.0601. The Morgan fingerprint density at radius 3 is 2.52 bits per heavy atom. The first-order chi connectivity index (χ1) is 13.2. The van der Waals surface area contributed by atoms with E-state index in [0.717, 1.165) is 24.2 Å². The van der Waals surface area contributed by atoms with E-state index in [1.807, 2.05) is 18.2 Å². The summed E-state index contributed by atoms with van der Waals surface area (Å²) in [5.74, 6) is 0.340. The van der Waals surface area contributed by atoms with Crippen LogP contribution in [-0.4, -0.2) is 31.3 Å². The van der Waals surface area contributed by atoms with Crippen molar-refractivity contribution < 1.29 is 14.1 Å². The van der Waals surface area contributed by atoms with Crippen LogP contribution in [0.15, 0.2) is 59.1 Å². The summed E-state index contributed by atoms with van der Waals surface area (Å²) in [5, 5.41) is 4.16. The molecule has 0 atom stereocenters. The van der Waals surface area contributed by atoms with E-state index in [2.05, 4.69) is 34.3 Å². The van der Waals surface area contributed by atoms with Gasteiger partial charge in [0.05, 0.1) is 12.7 Å². The molecule has 0 radical (unpaired) electrons. The third-order valence-electron chi connectivity index (χ3n) is 4.96. The van der Waals surface area contributed by atoms with Gasteiger partial charge in [0, 0.05) is 36.0 Å². The molecule has 138 valence electrons. The number of hydrogen-bond acceptors (Lipinski definition) is 5. The quantitative estimate of drug-likeness (QED) is 0.625. The van der Waals surface area contributed by atoms with Gasteiger partial charge in [-0.3, -0.25) is 0 Å². The van der Waals surface area contributed by atoms with Crippen molar-refractivity contribution in [2.24, 2.45) is 0 Å². The molecule has 2 aromatic carbocycles. The van der Waals surface area contributed by atoms with Gasteiger partial charge in [-0.15, -0.1) is 0 Å². The molecule has 4 rings (SSSR count). The Morgan fingerprint density at radius 2 is 1.78 bits per heavy atom. The fraction of sp³-hybridized carbons (Fsp3) is 0.273. The molecular weight excluding hydrogens is 340 g/mol. The molecule has 2 heterocycles. The summed E-state index contributed by atoms with van der Waals surface area (Å²) in [6.07, 6.45) is 3.85. The molecule has 0 N–H and O–H groups in total. The van der Waals surface area contributed by atoms with Crippen molar-refractivity contribution in [3.05, 3.63) is 60.2 Å². The highest BCUT2D eigenvalue weighted by Crippen LogP contribution is 2.29. The predicted molar refractivity (Wildman–Crippen MR) is 105 cm³/mol. The van der Waals surface area contributed by atoms with E-state index in [-0.39, 0.29) is 5.97 Å². The van der Waals surface area contributed by atoms with Gasteiger partial charge in [-0.25, -0.2) is 4.79 Å². The van der Waals surface area contributed by atoms with Crippen LogP contribution in [0.3, 0.4) is 0 Å². The monoisotopic (exact) mass is 362 g/mol. The maximum Gasteiger partial charge on any atom is 0.337 e. The lowest BCUT2D eigenvalue weighted by Gasteiger charge is -2.28. The van der Waals surface area contributed by atoms with Crippen LogP contribution in [0, 0.1) is 0 Å². The number of piperidine rings is 1. The Morgan fingerprint density at radius 1 is 1.00 bits per heavy atom. The highest BCUT2D eigenvalue weighted by atomic mass is 16.5. The number of nitrogens with zero attached hydrogens (tertiary/aromatic N) is 2. The van der Waals surface area contributed by atoms with Gasteiger partial charge in [0.1, 0.15) is 5.69 Å². The van der Waals surface area contributed by atoms with Crippen LogP contribution in [0.4, 0.5) is 5.69 Å². The first kappa shape index (κ1) is 17.3. The Bertz CT molecular complexity index is 925. The van der Waals surface area contributed by atoms with Gasteiger partial charge in [-0.1, -0.05) is 17.3 Å². The van der Waals surface area contributed by atoms with Crippen molar-refractivity contribution in [3.63, 3.8) is 0 Å². The molecule has 0 aliphatic carbocycles. The van der Waals surface area contributed by atoms with E-state index in [1.54, 1.807) is 12.1 Å². The van der Waals surface area contributed by atoms with Gasteiger partial charge in [0.15, 0.2) is 5.76 Å². The van der Waals surface area contributed by atoms with E-state index < -0.39 is 0 Å². The van der Waals surface area contributed by atoms with E-state index in [4.69, 9.17) is 9.26 Å². The van der Waals surface area contributed by atoms with Crippen molar-refractivity contribution in [1.82, 2.24) is 5.16 Å². The summed E-state index contributed by atoms with van der Waals surface area (Å²) >= 11 is 0. The second-order valence-electron chi connectivity index (χ2n) is 6.74. The fourth-order valence-electron chi connectivity index (χ4n) is 3.46. The summed E-state index contributed by atoms with van der Waals surface area (Å²) in [6, 6.07) is 17.5. The molecule has 0 unspecified atom stereocenters. The van der Waals surface area contributed by atoms with Crippen LogP contribution in [0.25, 0.3) is 22.6 Å². The van der Waals surface area contributed by atoms with E-state index in [0.29, 0.717) is 17.0 Å². The standard InChI is InChI=1S/C22H22N2O3/c1-26-22(25)18-7-5-6-17(14-18)20-15-21(27-23-20)16-8-10-19(11-9-16)24-12-3-2-4-13-24/h5-11,14-15H,2-4,12-13H2,1H3. The lowest BCUT2D eigenvalue weighted by atomic mass is 10.1. The molecule has 0 bridgehead atoms. The average molecular weight is 362 g/mol. The summed E-state index contributed by atoms with van der Waals surface area (Å²) in [7, 11) is 1.37. The summed E-state index contributed by atoms with van der Waals surface area (Å²) < 4.78 is 10.3. The van der Waals surface area contributed by atoms with Crippen LogP contribution in [-0.2, 0) is 4.74 Å². The first-order valence-corrected chi connectivity index (χ1v) is 9.25. The van der Waals surface area contributed by atoms with Crippen molar-refractivity contribution in [2.45, 2.75) is 19.3 Å². The minimum Gasteiger partial charge on any atom is -0.465 e. The van der Waals surface area contributed by atoms with Crippen molar-refractivity contribution in [2.75, 3.05) is 25.1 Å². The molecule has 1 aliphatic heterocycles. The number of aromatic nitrogens is 1. The third-order valence-corrected chi connectivity index (χ3v) is 4.96. The first-order valence-electron chi connectivity index (χ1n) is 9.25. The second kappa shape index (κ2) is 7.66. The van der Waals surface area contributed by atoms with Crippen LogP contribution >= 0.6 is 0 Å². The molecule has 1 saturated heterocycles. The minimum atomic E-state index is -0.367. The number of carbonyl (C=O) groups is 1. The minimum absolute atomic E-state index is 0.367. The van der Waals surface area contributed by atoms with Gasteiger partial charge in [0.25, 0.3) is 0 Å². The molecule has 5 nitrogen and oxygen atoms in total. The SMILES string of the molecule is COC(=O)c1cccc(-c2cc(-c3ccc(N4CCCCC4)cc3)on2)c1. The Labute approximate surface area is 158 Å². The maximum absolute atomic E-state index is 11.7. The topological polar surface area (TPSA) is 55.6 Å². The number of rotatable bonds is 4. The van der Waals surface area contributed by atoms with Gasteiger partial charge in [-0.05, 0) is 55.7 Å². The van der Waals surface area contributed by atoms with Gasteiger partial charge >= 0.3 is 5.97 Å². The maximum atomic E-state index is 11.7. The highest BCUT2D eigenvalue weighted by Gasteiger charge is 2.13. The van der Waals surface area contributed by atoms with Crippen molar-refractivity contribution in [1.29, 1.82) is 0 Å². The molecular formula is C22H22N2O3. The van der Waals surface area contributed by atoms with Gasteiger partial charge < -0.3 is 14.2 Å². The zero-order chi connectivity index (χ0) is 18.6. The molecule has 0 amide bonds. The Kier molecular flexibility index (Phi) is 4.92. The molecule has 1 fully saturated rings. The van der Waals surface area contributed by atoms with E-state index >= 15 is 0 Å². The van der Waals surface area contributed by atoms with Crippen LogP contribution in [0.5, 0.6) is 0 Å². The largest absolute Gasteiger partial charge is 0.465 e. The number of methoxy groups -OCH3 is 1. The number of anilines is 1. The normalized spacial score (nSPS) is 14.2. The number of ether oxygens (including phenoxy) is 1. The zero-order valence-electron chi connectivity index (χ0n) is 15.4. The highest BCUT2D eigenvalue weighted by molar-refractivity contribution is 5.90. The lowest BCUT2D eigenvalue weighted by Crippen LogP contribution is -2.29. The summed E-state index contributed by atoms with van der Waals surface area (Å²) in [4.78, 5) is 14.1. The van der Waals surface area contributed by atoms with Crippen LogP contribution in [0.1, 0.15) is 29.6 Å². The van der Waals surface area contributed by atoms with Gasteiger partial charge in [-0.2, -0.15) is 0 Å². The molecule has 3 aromatic rings. The smallest absolute Gasteiger partial charge is 0.337 e. The Balaban J connectivity index is 1.55. The summed E-state index contributed by atoms with van der Waals surface area (Å²) in [5.41, 5.74) is 4.24. The molecule has 27 heavy (non-hydrogen) atoms. The average Bonchev–Trinajstić information content (AvgIpc) is 3.24. The molecule has 1 aromatic heterocycles. The number of hydrogen-bond donors (Lipinski definition) is 0. The fourth-order valence-corrected chi connectivity index (χ4v) is 3.46. The molecule has 1 aliphatic rings. The van der Waals surface area contributed by atoms with Crippen LogP contribution in [0.2, 0.25) is 0 Å². The number of esters is 1. The van der Waals surface area contributed by atoms with Crippen molar-refractivity contribution in [3.8, 4) is 22.6 Å². The predicted octanol–water partition coefficient (Wildman–Crippen LogP) is 4.79. The Hall–Kier alpha value is -3.08. The molecule has 5 heteroatoms. The summed E-state index contributed by atoms with van der Waals surface area (Å²) in [6.45, 7) is 2.25. The van der Waals surface area contributed by atoms with Gasteiger partial charge in [0.2, 0.25) is 0 Å². The number of carbonyl (C=O) groups excluding carboxylic acids is 1. The van der Waals surface area contributed by atoms with Crippen LogP contribution < -0.4 is 4.90 Å².